The second-order valence-electron chi connectivity index (χ2n) is 5.49. The number of rotatable bonds is 2. The molecule has 5 nitrogen and oxygen atoms in total. The Kier molecular flexibility index (Phi) is 2.97. The van der Waals surface area contributed by atoms with Gasteiger partial charge in [-0.05, 0) is 18.9 Å². The smallest absolute Gasteiger partial charge is 0.248 e. The van der Waals surface area contributed by atoms with Crippen LogP contribution < -0.4 is 5.56 Å². The average molecular weight is 259 g/mol. The van der Waals surface area contributed by atoms with E-state index in [0.29, 0.717) is 17.3 Å². The van der Waals surface area contributed by atoms with Gasteiger partial charge in [-0.2, -0.15) is 4.98 Å². The number of hydrogen-bond acceptors (Lipinski definition) is 4. The Bertz CT molecular complexity index is 623. The Labute approximate surface area is 111 Å². The van der Waals surface area contributed by atoms with Gasteiger partial charge in [0.1, 0.15) is 0 Å². The summed E-state index contributed by atoms with van der Waals surface area (Å²) in [6.45, 7) is 2.18. The third-order valence-electron chi connectivity index (χ3n) is 3.93. The molecule has 2 aromatic rings. The van der Waals surface area contributed by atoms with Gasteiger partial charge in [-0.3, -0.25) is 4.79 Å². The van der Waals surface area contributed by atoms with Crippen molar-refractivity contribution in [1.29, 1.82) is 0 Å². The van der Waals surface area contributed by atoms with Crippen molar-refractivity contribution in [1.82, 2.24) is 15.1 Å². The normalized spacial score (nSPS) is 18.4. The lowest BCUT2D eigenvalue weighted by molar-refractivity contribution is 0.232. The van der Waals surface area contributed by atoms with Crippen molar-refractivity contribution in [3.63, 3.8) is 0 Å². The molecule has 0 aromatic carbocycles. The highest BCUT2D eigenvalue weighted by molar-refractivity contribution is 5.52. The van der Waals surface area contributed by atoms with Gasteiger partial charge in [-0.1, -0.05) is 31.3 Å². The van der Waals surface area contributed by atoms with Crippen LogP contribution in [0.4, 0.5) is 0 Å². The number of aromatic nitrogens is 3. The fourth-order valence-electron chi connectivity index (χ4n) is 2.72. The summed E-state index contributed by atoms with van der Waals surface area (Å²) in [6, 6.07) is 3.26. The van der Waals surface area contributed by atoms with E-state index in [4.69, 9.17) is 4.52 Å². The standard InChI is InChI=1S/C14H17N3O2/c1-14(6-3-2-4-7-14)13-16-12(17-19-13)10-5-8-15-11(18)9-10/h5,8-9H,2-4,6-7H2,1H3,(H,15,18). The zero-order chi connectivity index (χ0) is 13.3. The molecule has 2 heterocycles. The van der Waals surface area contributed by atoms with Crippen molar-refractivity contribution in [3.8, 4) is 11.4 Å². The number of aromatic amines is 1. The lowest BCUT2D eigenvalue weighted by Crippen LogP contribution is -2.25. The van der Waals surface area contributed by atoms with Gasteiger partial charge in [-0.25, -0.2) is 0 Å². The molecule has 1 saturated carbocycles. The van der Waals surface area contributed by atoms with Gasteiger partial charge >= 0.3 is 0 Å². The van der Waals surface area contributed by atoms with Gasteiger partial charge < -0.3 is 9.51 Å². The number of hydrogen-bond donors (Lipinski definition) is 1. The van der Waals surface area contributed by atoms with Crippen molar-refractivity contribution in [3.05, 3.63) is 34.6 Å². The number of nitrogens with zero attached hydrogens (tertiary/aromatic N) is 2. The number of H-pyrrole nitrogens is 1. The quantitative estimate of drug-likeness (QED) is 0.899. The van der Waals surface area contributed by atoms with Crippen molar-refractivity contribution < 1.29 is 4.52 Å². The highest BCUT2D eigenvalue weighted by atomic mass is 16.5. The molecule has 1 aliphatic rings. The van der Waals surface area contributed by atoms with E-state index in [1.807, 2.05) is 0 Å². The highest BCUT2D eigenvalue weighted by Gasteiger charge is 2.34. The molecular weight excluding hydrogens is 242 g/mol. The van der Waals surface area contributed by atoms with Gasteiger partial charge in [-0.15, -0.1) is 0 Å². The van der Waals surface area contributed by atoms with E-state index in [-0.39, 0.29) is 11.0 Å². The van der Waals surface area contributed by atoms with E-state index < -0.39 is 0 Å². The third kappa shape index (κ3) is 2.32. The van der Waals surface area contributed by atoms with Crippen LogP contribution in [0.25, 0.3) is 11.4 Å². The lowest BCUT2D eigenvalue weighted by atomic mass is 9.75. The minimum atomic E-state index is -0.160. The Hall–Kier alpha value is -1.91. The molecule has 2 aromatic heterocycles. The molecule has 0 atom stereocenters. The molecule has 1 fully saturated rings. The van der Waals surface area contributed by atoms with Crippen molar-refractivity contribution >= 4 is 0 Å². The first-order valence-electron chi connectivity index (χ1n) is 6.71. The summed E-state index contributed by atoms with van der Waals surface area (Å²) >= 11 is 0. The molecule has 0 spiro atoms. The monoisotopic (exact) mass is 259 g/mol. The molecule has 5 heteroatoms. The van der Waals surface area contributed by atoms with Gasteiger partial charge in [0, 0.05) is 23.2 Å². The van der Waals surface area contributed by atoms with E-state index in [1.54, 1.807) is 12.3 Å². The van der Waals surface area contributed by atoms with Gasteiger partial charge in [0.15, 0.2) is 0 Å². The summed E-state index contributed by atoms with van der Waals surface area (Å²) < 4.78 is 5.43. The van der Waals surface area contributed by atoms with Gasteiger partial charge in [0.05, 0.1) is 0 Å². The summed E-state index contributed by atoms with van der Waals surface area (Å²) in [6.07, 6.45) is 7.47. The Morgan fingerprint density at radius 2 is 2.11 bits per heavy atom. The SMILES string of the molecule is CC1(c2nc(-c3cc[nH]c(=O)c3)no2)CCCCC1. The summed E-state index contributed by atoms with van der Waals surface area (Å²) in [5.41, 5.74) is 0.524. The summed E-state index contributed by atoms with van der Waals surface area (Å²) in [5, 5.41) is 4.01. The van der Waals surface area contributed by atoms with Crippen LogP contribution in [0.15, 0.2) is 27.6 Å². The van der Waals surface area contributed by atoms with Crippen LogP contribution >= 0.6 is 0 Å². The van der Waals surface area contributed by atoms with Crippen molar-refractivity contribution in [2.24, 2.45) is 0 Å². The van der Waals surface area contributed by atoms with Crippen LogP contribution in [0.1, 0.15) is 44.9 Å². The van der Waals surface area contributed by atoms with E-state index in [2.05, 4.69) is 22.0 Å². The summed E-state index contributed by atoms with van der Waals surface area (Å²) in [7, 11) is 0. The summed E-state index contributed by atoms with van der Waals surface area (Å²) in [5.74, 6) is 1.19. The second-order valence-corrected chi connectivity index (χ2v) is 5.49. The molecule has 19 heavy (non-hydrogen) atoms. The zero-order valence-corrected chi connectivity index (χ0v) is 11.0. The first kappa shape index (κ1) is 12.1. The van der Waals surface area contributed by atoms with Crippen molar-refractivity contribution in [2.75, 3.05) is 0 Å². The average Bonchev–Trinajstić information content (AvgIpc) is 2.90. The predicted octanol–water partition coefficient (Wildman–Crippen LogP) is 2.65. The fraction of sp³-hybridized carbons (Fsp3) is 0.500. The maximum absolute atomic E-state index is 11.3. The van der Waals surface area contributed by atoms with E-state index >= 15 is 0 Å². The fourth-order valence-corrected chi connectivity index (χ4v) is 2.72. The van der Waals surface area contributed by atoms with E-state index in [1.165, 1.54) is 25.3 Å². The maximum atomic E-state index is 11.3. The third-order valence-corrected chi connectivity index (χ3v) is 3.93. The molecule has 100 valence electrons. The van der Waals surface area contributed by atoms with Crippen LogP contribution in [0, 0.1) is 0 Å². The Morgan fingerprint density at radius 3 is 2.84 bits per heavy atom. The number of pyridine rings is 1. The second kappa shape index (κ2) is 4.64. The molecule has 0 bridgehead atoms. The predicted molar refractivity (Wildman–Crippen MR) is 70.8 cm³/mol. The molecule has 1 aliphatic carbocycles. The zero-order valence-electron chi connectivity index (χ0n) is 11.0. The minimum absolute atomic E-state index is 0.00923. The van der Waals surface area contributed by atoms with Crippen LogP contribution in [0.2, 0.25) is 0 Å². The van der Waals surface area contributed by atoms with Gasteiger partial charge in [0.2, 0.25) is 17.3 Å². The Balaban J connectivity index is 1.93. The van der Waals surface area contributed by atoms with E-state index in [9.17, 15) is 4.79 Å². The summed E-state index contributed by atoms with van der Waals surface area (Å²) in [4.78, 5) is 18.4. The van der Waals surface area contributed by atoms with Crippen molar-refractivity contribution in [2.45, 2.75) is 44.4 Å². The van der Waals surface area contributed by atoms with Crippen LogP contribution in [0.5, 0.6) is 0 Å². The topological polar surface area (TPSA) is 71.8 Å². The first-order chi connectivity index (χ1) is 9.17. The molecule has 3 rings (SSSR count). The van der Waals surface area contributed by atoms with E-state index in [0.717, 1.165) is 12.8 Å². The number of nitrogens with one attached hydrogen (secondary N) is 1. The molecule has 1 N–H and O–H groups in total. The van der Waals surface area contributed by atoms with Crippen LogP contribution in [-0.4, -0.2) is 15.1 Å². The molecular formula is C14H17N3O2. The Morgan fingerprint density at radius 1 is 1.32 bits per heavy atom. The molecule has 0 aliphatic heterocycles. The lowest BCUT2D eigenvalue weighted by Gasteiger charge is -2.29. The highest BCUT2D eigenvalue weighted by Crippen LogP contribution is 2.38. The maximum Gasteiger partial charge on any atom is 0.248 e. The first-order valence-corrected chi connectivity index (χ1v) is 6.71. The minimum Gasteiger partial charge on any atom is -0.338 e. The van der Waals surface area contributed by atoms with Gasteiger partial charge in [0.25, 0.3) is 0 Å². The molecule has 0 radical (unpaired) electrons. The van der Waals surface area contributed by atoms with Crippen LogP contribution in [-0.2, 0) is 5.41 Å². The van der Waals surface area contributed by atoms with Crippen LogP contribution in [0.3, 0.4) is 0 Å². The molecule has 0 amide bonds. The molecule has 0 unspecified atom stereocenters. The largest absolute Gasteiger partial charge is 0.338 e. The molecule has 0 saturated heterocycles.